The SMILES string of the molecule is CCOc1ccc(C[C@H]2NC(=O)CC3(CCCCC3)SSCC(C(=O)N3CCC[C@H]3C(=O)N[C@@H](CCC(N)=O)C(=O)N[C@@H](CCCN=C(N)N)C(N)=O)NC(=O)[C@H](CC(N)=O)NC(=O)C(C(C)C)NC(=O)C(Cc3ccccc3)NC2=O)cc1. The lowest BCUT2D eigenvalue weighted by Gasteiger charge is -2.37. The van der Waals surface area contributed by atoms with Gasteiger partial charge in [0, 0.05) is 49.3 Å². The second-order valence-corrected chi connectivity index (χ2v) is 24.4. The molecule has 84 heavy (non-hydrogen) atoms. The molecule has 26 nitrogen and oxygen atoms in total. The summed E-state index contributed by atoms with van der Waals surface area (Å²) < 4.78 is 4.89. The molecule has 2 aromatic carbocycles. The molecule has 8 atom stereocenters. The molecular formula is C56H82N14O12S2. The predicted molar refractivity (Wildman–Crippen MR) is 316 cm³/mol. The van der Waals surface area contributed by atoms with Crippen molar-refractivity contribution in [3.63, 3.8) is 0 Å². The van der Waals surface area contributed by atoms with E-state index in [9.17, 15) is 47.9 Å². The zero-order chi connectivity index (χ0) is 61.5. The Morgan fingerprint density at radius 2 is 1.36 bits per heavy atom. The summed E-state index contributed by atoms with van der Waals surface area (Å²) >= 11 is 0. The molecule has 28 heteroatoms. The number of guanidine groups is 1. The van der Waals surface area contributed by atoms with Gasteiger partial charge in [0.25, 0.3) is 0 Å². The van der Waals surface area contributed by atoms with E-state index >= 15 is 4.79 Å². The third-order valence-electron chi connectivity index (χ3n) is 14.6. The molecule has 5 rings (SSSR count). The van der Waals surface area contributed by atoms with Gasteiger partial charge < -0.3 is 75.5 Å². The van der Waals surface area contributed by atoms with Crippen LogP contribution in [0.3, 0.4) is 0 Å². The minimum Gasteiger partial charge on any atom is -0.494 e. The van der Waals surface area contributed by atoms with E-state index in [1.54, 1.807) is 68.4 Å². The number of likely N-dealkylation sites (tertiary alicyclic amines) is 1. The van der Waals surface area contributed by atoms with E-state index in [0.717, 1.165) is 19.3 Å². The van der Waals surface area contributed by atoms with Crippen LogP contribution < -0.4 is 70.6 Å². The number of carbonyl (C=O) groups is 11. The van der Waals surface area contributed by atoms with Gasteiger partial charge in [-0.25, -0.2) is 0 Å². The summed E-state index contributed by atoms with van der Waals surface area (Å²) in [7, 11) is 2.53. The van der Waals surface area contributed by atoms with Crippen molar-refractivity contribution in [2.24, 2.45) is 39.6 Å². The second kappa shape index (κ2) is 33.0. The summed E-state index contributed by atoms with van der Waals surface area (Å²) in [6, 6.07) is 5.02. The lowest BCUT2D eigenvalue weighted by atomic mass is 9.85. The highest BCUT2D eigenvalue weighted by molar-refractivity contribution is 8.77. The smallest absolute Gasteiger partial charge is 0.246 e. The molecule has 2 saturated heterocycles. The first-order valence-electron chi connectivity index (χ1n) is 28.4. The van der Waals surface area contributed by atoms with Crippen LogP contribution in [0.15, 0.2) is 59.6 Å². The molecule has 1 spiro atoms. The highest BCUT2D eigenvalue weighted by Crippen LogP contribution is 2.48. The number of hydrogen-bond donors (Lipinski definition) is 12. The molecule has 0 radical (unpaired) electrons. The average molecular weight is 1210 g/mol. The lowest BCUT2D eigenvalue weighted by Crippen LogP contribution is -2.62. The molecule has 1 aliphatic carbocycles. The topological polar surface area (TPSA) is 427 Å². The van der Waals surface area contributed by atoms with Crippen molar-refractivity contribution in [3.05, 3.63) is 65.7 Å². The molecular weight excluding hydrogens is 1120 g/mol. The fraction of sp³-hybridized carbons (Fsp3) is 0.571. The van der Waals surface area contributed by atoms with Crippen LogP contribution in [-0.4, -0.2) is 154 Å². The number of hydrogen-bond acceptors (Lipinski definition) is 15. The first-order chi connectivity index (χ1) is 40.0. The van der Waals surface area contributed by atoms with Crippen LogP contribution in [0.5, 0.6) is 5.75 Å². The zero-order valence-electron chi connectivity index (χ0n) is 47.8. The minimum atomic E-state index is -1.69. The molecule has 460 valence electrons. The monoisotopic (exact) mass is 1210 g/mol. The van der Waals surface area contributed by atoms with Gasteiger partial charge in [-0.2, -0.15) is 0 Å². The van der Waals surface area contributed by atoms with Crippen LogP contribution in [0.4, 0.5) is 0 Å². The Bertz CT molecular complexity index is 2680. The second-order valence-electron chi connectivity index (χ2n) is 21.6. The van der Waals surface area contributed by atoms with E-state index in [-0.39, 0.29) is 76.2 Å². The summed E-state index contributed by atoms with van der Waals surface area (Å²) in [4.78, 5) is 158. The maximum absolute atomic E-state index is 15.1. The summed E-state index contributed by atoms with van der Waals surface area (Å²) in [5.41, 5.74) is 28.8. The van der Waals surface area contributed by atoms with Crippen LogP contribution in [0.1, 0.15) is 115 Å². The third kappa shape index (κ3) is 21.2. The Kier molecular flexibility index (Phi) is 26.4. The molecule has 2 aliphatic heterocycles. The number of nitrogens with zero attached hydrogens (tertiary/aromatic N) is 2. The van der Waals surface area contributed by atoms with Crippen molar-refractivity contribution < 1.29 is 57.5 Å². The van der Waals surface area contributed by atoms with Crippen molar-refractivity contribution in [2.75, 3.05) is 25.4 Å². The van der Waals surface area contributed by atoms with Gasteiger partial charge in [-0.1, -0.05) is 97.2 Å². The van der Waals surface area contributed by atoms with Crippen LogP contribution >= 0.6 is 21.6 Å². The maximum Gasteiger partial charge on any atom is 0.246 e. The summed E-state index contributed by atoms with van der Waals surface area (Å²) in [6.45, 7) is 5.68. The molecule has 3 unspecified atom stereocenters. The van der Waals surface area contributed by atoms with Crippen molar-refractivity contribution in [1.82, 2.24) is 42.1 Å². The predicted octanol–water partition coefficient (Wildman–Crippen LogP) is -0.921. The van der Waals surface area contributed by atoms with Gasteiger partial charge in [0.05, 0.1) is 13.0 Å². The molecule has 2 aromatic rings. The number of primary amides is 3. The van der Waals surface area contributed by atoms with E-state index in [0.29, 0.717) is 42.7 Å². The van der Waals surface area contributed by atoms with Crippen molar-refractivity contribution in [2.45, 2.75) is 170 Å². The standard InChI is InChI=1S/C56H82N14O12S2/c1-4-82-35-19-17-34(18-20-35)28-38-49(76)66-39(27-33-13-7-5-8-14-33)51(78)69-46(32(2)3)53(80)67-40(29-44(58)72)50(77)68-41(31-83-84-56(30-45(73)63-38)23-9-6-10-24-56)54(81)70-26-12-16-42(70)52(79)65-37(21-22-43(57)71)48(75)64-36(47(59)74)15-11-25-62-55(60)61/h5,7-8,13-14,17-20,32,36-42,46H,4,6,9-12,15-16,21-31H2,1-3H3,(H2,57,71)(H2,58,72)(H2,59,74)(H,63,73)(H,64,75)(H,65,79)(H,66,76)(H,67,80)(H,68,77)(H,69,78)(H4,60,61,62)/t36-,37-,38+,39?,40-,41?,42-,46?/m0/s1. The molecule has 0 bridgehead atoms. The minimum absolute atomic E-state index is 0.0107. The Morgan fingerprint density at radius 3 is 1.98 bits per heavy atom. The van der Waals surface area contributed by atoms with Crippen LogP contribution in [-0.2, 0) is 65.6 Å². The highest BCUT2D eigenvalue weighted by atomic mass is 33.1. The van der Waals surface area contributed by atoms with Gasteiger partial charge in [0.1, 0.15) is 54.1 Å². The Hall–Kier alpha value is -7.62. The zero-order valence-corrected chi connectivity index (χ0v) is 49.5. The lowest BCUT2D eigenvalue weighted by molar-refractivity contribution is -0.142. The van der Waals surface area contributed by atoms with Crippen molar-refractivity contribution in [1.29, 1.82) is 0 Å². The first-order valence-corrected chi connectivity index (χ1v) is 30.7. The van der Waals surface area contributed by atoms with Gasteiger partial charge in [0.2, 0.25) is 65.0 Å². The number of rotatable bonds is 22. The van der Waals surface area contributed by atoms with Crippen molar-refractivity contribution in [3.8, 4) is 5.75 Å². The normalized spacial score (nSPS) is 22.6. The fourth-order valence-electron chi connectivity index (χ4n) is 10.2. The molecule has 17 N–H and O–H groups in total. The number of aliphatic imine (C=N–C) groups is 1. The van der Waals surface area contributed by atoms with Gasteiger partial charge >= 0.3 is 0 Å². The van der Waals surface area contributed by atoms with E-state index in [4.69, 9.17) is 33.4 Å². The largest absolute Gasteiger partial charge is 0.494 e. The third-order valence-corrected chi connectivity index (χ3v) is 17.9. The van der Waals surface area contributed by atoms with Crippen molar-refractivity contribution >= 4 is 92.5 Å². The van der Waals surface area contributed by atoms with Gasteiger partial charge in [-0.3, -0.25) is 57.7 Å². The Labute approximate surface area is 496 Å². The Morgan fingerprint density at radius 1 is 0.726 bits per heavy atom. The highest BCUT2D eigenvalue weighted by Gasteiger charge is 2.43. The van der Waals surface area contributed by atoms with Gasteiger partial charge in [-0.15, -0.1) is 0 Å². The van der Waals surface area contributed by atoms with Crippen LogP contribution in [0.25, 0.3) is 0 Å². The van der Waals surface area contributed by atoms with E-state index in [1.165, 1.54) is 26.5 Å². The number of nitrogens with one attached hydrogen (secondary N) is 7. The van der Waals surface area contributed by atoms with Gasteiger partial charge in [-0.05, 0) is 81.0 Å². The summed E-state index contributed by atoms with van der Waals surface area (Å²) in [5.74, 6) is -9.28. The fourth-order valence-corrected chi connectivity index (χ4v) is 13.6. The molecule has 11 amide bonds. The van der Waals surface area contributed by atoms with Crippen LogP contribution in [0, 0.1) is 5.92 Å². The number of amides is 11. The molecule has 0 aromatic heterocycles. The maximum atomic E-state index is 15.1. The van der Waals surface area contributed by atoms with E-state index in [2.05, 4.69) is 42.2 Å². The summed E-state index contributed by atoms with van der Waals surface area (Å²) in [5, 5.41) is 19.0. The number of benzene rings is 2. The number of carbonyl (C=O) groups excluding carboxylic acids is 11. The Balaban J connectivity index is 1.51. The first kappa shape index (κ1) is 67.2. The quantitative estimate of drug-likeness (QED) is 0.0294. The van der Waals surface area contributed by atoms with E-state index < -0.39 is 130 Å². The van der Waals surface area contributed by atoms with E-state index in [1.807, 2.05) is 6.92 Å². The molecule has 3 fully saturated rings. The number of ether oxygens (including phenoxy) is 1. The average Bonchev–Trinajstić information content (AvgIpc) is 3.63. The molecule has 1 saturated carbocycles. The summed E-state index contributed by atoms with van der Waals surface area (Å²) in [6.07, 6.45) is 2.74. The molecule has 2 heterocycles. The van der Waals surface area contributed by atoms with Crippen LogP contribution in [0.2, 0.25) is 0 Å². The van der Waals surface area contributed by atoms with Gasteiger partial charge in [0.15, 0.2) is 5.96 Å². The number of nitrogens with two attached hydrogens (primary N) is 5. The molecule has 3 aliphatic rings.